The maximum Gasteiger partial charge on any atom is 0.0472 e. The molecule has 0 aromatic carbocycles. The molecule has 3 heteroatoms. The van der Waals surface area contributed by atoms with Gasteiger partial charge in [-0.2, -0.15) is 12.6 Å². The number of ether oxygens (including phenoxy) is 1. The molecule has 0 spiro atoms. The van der Waals surface area contributed by atoms with Gasteiger partial charge in [-0.15, -0.1) is 0 Å². The molecule has 1 heterocycles. The van der Waals surface area contributed by atoms with Crippen LogP contribution in [0.5, 0.6) is 0 Å². The van der Waals surface area contributed by atoms with E-state index in [1.165, 1.54) is 19.4 Å². The van der Waals surface area contributed by atoms with Crippen molar-refractivity contribution in [2.75, 3.05) is 39.1 Å². The fourth-order valence-electron chi connectivity index (χ4n) is 2.43. The Morgan fingerprint density at radius 1 is 1.33 bits per heavy atom. The van der Waals surface area contributed by atoms with Gasteiger partial charge in [0.1, 0.15) is 0 Å². The van der Waals surface area contributed by atoms with E-state index in [1.54, 1.807) is 0 Å². The minimum absolute atomic E-state index is 0.394. The van der Waals surface area contributed by atoms with E-state index in [2.05, 4.69) is 38.4 Å². The van der Waals surface area contributed by atoms with Crippen molar-refractivity contribution in [1.29, 1.82) is 0 Å². The summed E-state index contributed by atoms with van der Waals surface area (Å²) in [7, 11) is 2.22. The van der Waals surface area contributed by atoms with Crippen LogP contribution in [0, 0.1) is 11.3 Å². The Kier molecular flexibility index (Phi) is 5.44. The van der Waals surface area contributed by atoms with Crippen LogP contribution >= 0.6 is 12.6 Å². The average Bonchev–Trinajstić information content (AvgIpc) is 2.17. The zero-order chi connectivity index (χ0) is 11.3. The quantitative estimate of drug-likeness (QED) is 0.729. The number of rotatable bonds is 5. The van der Waals surface area contributed by atoms with Crippen LogP contribution in [0.3, 0.4) is 0 Å². The molecular weight excluding hydrogens is 206 g/mol. The molecule has 0 radical (unpaired) electrons. The SMILES string of the molecule is CC(C)CN(C)CC1(CS)CCOCC1. The van der Waals surface area contributed by atoms with Crippen molar-refractivity contribution < 1.29 is 4.74 Å². The summed E-state index contributed by atoms with van der Waals surface area (Å²) in [5.74, 6) is 1.73. The van der Waals surface area contributed by atoms with Gasteiger partial charge in [-0.05, 0) is 37.0 Å². The van der Waals surface area contributed by atoms with E-state index in [0.29, 0.717) is 5.41 Å². The van der Waals surface area contributed by atoms with Crippen LogP contribution < -0.4 is 0 Å². The minimum atomic E-state index is 0.394. The second-order valence-electron chi connectivity index (χ2n) is 5.36. The van der Waals surface area contributed by atoms with Crippen LogP contribution in [0.4, 0.5) is 0 Å². The lowest BCUT2D eigenvalue weighted by atomic mass is 9.81. The van der Waals surface area contributed by atoms with Crippen molar-refractivity contribution in [3.8, 4) is 0 Å². The number of hydrogen-bond acceptors (Lipinski definition) is 3. The smallest absolute Gasteiger partial charge is 0.0472 e. The first-order valence-corrected chi connectivity index (χ1v) is 6.58. The number of thiol groups is 1. The van der Waals surface area contributed by atoms with Gasteiger partial charge in [0.2, 0.25) is 0 Å². The van der Waals surface area contributed by atoms with Gasteiger partial charge < -0.3 is 9.64 Å². The van der Waals surface area contributed by atoms with Crippen molar-refractivity contribution in [3.63, 3.8) is 0 Å². The largest absolute Gasteiger partial charge is 0.381 e. The van der Waals surface area contributed by atoms with E-state index in [1.807, 2.05) is 0 Å². The molecule has 0 aliphatic carbocycles. The highest BCUT2D eigenvalue weighted by molar-refractivity contribution is 7.80. The Bertz CT molecular complexity index is 178. The van der Waals surface area contributed by atoms with E-state index in [4.69, 9.17) is 4.74 Å². The summed E-state index contributed by atoms with van der Waals surface area (Å²) in [5.41, 5.74) is 0.394. The minimum Gasteiger partial charge on any atom is -0.381 e. The predicted molar refractivity (Wildman–Crippen MR) is 68.7 cm³/mol. The molecule has 1 rings (SSSR count). The Morgan fingerprint density at radius 3 is 2.40 bits per heavy atom. The lowest BCUT2D eigenvalue weighted by molar-refractivity contribution is 0.0103. The molecule has 1 fully saturated rings. The van der Waals surface area contributed by atoms with Crippen LogP contribution in [0.2, 0.25) is 0 Å². The van der Waals surface area contributed by atoms with E-state index < -0.39 is 0 Å². The second-order valence-corrected chi connectivity index (χ2v) is 5.68. The first kappa shape index (κ1) is 13.3. The summed E-state index contributed by atoms with van der Waals surface area (Å²) in [6, 6.07) is 0. The van der Waals surface area contributed by atoms with E-state index >= 15 is 0 Å². The van der Waals surface area contributed by atoms with Gasteiger partial charge in [0.25, 0.3) is 0 Å². The molecule has 0 aromatic heterocycles. The first-order valence-electron chi connectivity index (χ1n) is 5.95. The molecule has 0 bridgehead atoms. The maximum atomic E-state index is 5.44. The summed E-state index contributed by atoms with van der Waals surface area (Å²) in [5, 5.41) is 0. The Hall–Kier alpha value is 0.270. The molecule has 0 unspecified atom stereocenters. The van der Waals surface area contributed by atoms with Crippen molar-refractivity contribution >= 4 is 12.6 Å². The maximum absolute atomic E-state index is 5.44. The van der Waals surface area contributed by atoms with Crippen LogP contribution in [-0.2, 0) is 4.74 Å². The molecule has 2 nitrogen and oxygen atoms in total. The van der Waals surface area contributed by atoms with Gasteiger partial charge in [-0.1, -0.05) is 13.8 Å². The summed E-state index contributed by atoms with van der Waals surface area (Å²) in [6.07, 6.45) is 2.33. The number of nitrogens with zero attached hydrogens (tertiary/aromatic N) is 1. The highest BCUT2D eigenvalue weighted by Crippen LogP contribution is 2.32. The topological polar surface area (TPSA) is 12.5 Å². The fourth-order valence-corrected chi connectivity index (χ4v) is 2.85. The molecule has 1 aliphatic rings. The zero-order valence-corrected chi connectivity index (χ0v) is 11.2. The zero-order valence-electron chi connectivity index (χ0n) is 10.3. The van der Waals surface area contributed by atoms with Crippen molar-refractivity contribution in [3.05, 3.63) is 0 Å². The van der Waals surface area contributed by atoms with Crippen LogP contribution in [0.1, 0.15) is 26.7 Å². The molecule has 1 aliphatic heterocycles. The lowest BCUT2D eigenvalue weighted by Gasteiger charge is -2.39. The molecule has 0 saturated carbocycles. The highest BCUT2D eigenvalue weighted by Gasteiger charge is 2.32. The summed E-state index contributed by atoms with van der Waals surface area (Å²) in [6.45, 7) is 8.71. The van der Waals surface area contributed by atoms with Crippen LogP contribution in [0.25, 0.3) is 0 Å². The highest BCUT2D eigenvalue weighted by atomic mass is 32.1. The molecule has 0 amide bonds. The average molecular weight is 231 g/mol. The Labute approximate surface area is 99.8 Å². The first-order chi connectivity index (χ1) is 7.08. The van der Waals surface area contributed by atoms with Crippen LogP contribution in [0.15, 0.2) is 0 Å². The van der Waals surface area contributed by atoms with E-state index in [0.717, 1.165) is 31.4 Å². The molecule has 15 heavy (non-hydrogen) atoms. The molecule has 0 N–H and O–H groups in total. The lowest BCUT2D eigenvalue weighted by Crippen LogP contribution is -2.42. The fraction of sp³-hybridized carbons (Fsp3) is 1.00. The summed E-state index contributed by atoms with van der Waals surface area (Å²) >= 11 is 4.53. The van der Waals surface area contributed by atoms with Crippen molar-refractivity contribution in [2.24, 2.45) is 11.3 Å². The van der Waals surface area contributed by atoms with Crippen molar-refractivity contribution in [1.82, 2.24) is 4.90 Å². The normalized spacial score (nSPS) is 21.2. The monoisotopic (exact) mass is 231 g/mol. The van der Waals surface area contributed by atoms with Gasteiger partial charge in [0, 0.05) is 26.3 Å². The van der Waals surface area contributed by atoms with Gasteiger partial charge in [0.15, 0.2) is 0 Å². The van der Waals surface area contributed by atoms with Gasteiger partial charge in [-0.3, -0.25) is 0 Å². The molecule has 90 valence electrons. The van der Waals surface area contributed by atoms with Gasteiger partial charge in [-0.25, -0.2) is 0 Å². The Balaban J connectivity index is 2.43. The molecular formula is C12H25NOS. The van der Waals surface area contributed by atoms with Gasteiger partial charge in [0.05, 0.1) is 0 Å². The summed E-state index contributed by atoms with van der Waals surface area (Å²) in [4.78, 5) is 2.45. The van der Waals surface area contributed by atoms with E-state index in [-0.39, 0.29) is 0 Å². The standard InChI is InChI=1S/C12H25NOS/c1-11(2)8-13(3)9-12(10-15)4-6-14-7-5-12/h11,15H,4-10H2,1-3H3. The number of hydrogen-bond donors (Lipinski definition) is 1. The molecule has 0 atom stereocenters. The summed E-state index contributed by atoms with van der Waals surface area (Å²) < 4.78 is 5.44. The van der Waals surface area contributed by atoms with E-state index in [9.17, 15) is 0 Å². The third-order valence-electron chi connectivity index (χ3n) is 3.17. The Morgan fingerprint density at radius 2 is 1.93 bits per heavy atom. The van der Waals surface area contributed by atoms with Crippen molar-refractivity contribution in [2.45, 2.75) is 26.7 Å². The molecule has 0 aromatic rings. The third-order valence-corrected chi connectivity index (χ3v) is 3.84. The predicted octanol–water partition coefficient (Wildman–Crippen LogP) is 2.30. The molecule has 1 saturated heterocycles. The van der Waals surface area contributed by atoms with Crippen LogP contribution in [-0.4, -0.2) is 44.0 Å². The van der Waals surface area contributed by atoms with Gasteiger partial charge >= 0.3 is 0 Å². The second kappa shape index (κ2) is 6.12. The third kappa shape index (κ3) is 4.33.